The van der Waals surface area contributed by atoms with Gasteiger partial charge in [0.05, 0.1) is 12.2 Å². The molecule has 2 N–H and O–H groups in total. The Labute approximate surface area is 116 Å². The van der Waals surface area contributed by atoms with E-state index in [-0.39, 0.29) is 0 Å². The molecule has 19 heavy (non-hydrogen) atoms. The molecule has 0 amide bonds. The molecule has 0 aliphatic carbocycles. The second kappa shape index (κ2) is 6.03. The van der Waals surface area contributed by atoms with Gasteiger partial charge >= 0.3 is 0 Å². The number of aryl methyl sites for hydroxylation is 1. The third-order valence-corrected chi connectivity index (χ3v) is 4.38. The fourth-order valence-electron chi connectivity index (χ4n) is 2.88. The maximum atomic E-state index is 6.02. The van der Waals surface area contributed by atoms with Gasteiger partial charge < -0.3 is 5.73 Å². The van der Waals surface area contributed by atoms with Gasteiger partial charge in [0, 0.05) is 57.1 Å². The average molecular weight is 265 g/mol. The molecule has 0 spiro atoms. The largest absolute Gasteiger partial charge is 0.329 e. The highest BCUT2D eigenvalue weighted by molar-refractivity contribution is 5.21. The lowest BCUT2D eigenvalue weighted by Crippen LogP contribution is -2.50. The monoisotopic (exact) mass is 265 g/mol. The highest BCUT2D eigenvalue weighted by Gasteiger charge is 2.26. The fourth-order valence-corrected chi connectivity index (χ4v) is 2.88. The van der Waals surface area contributed by atoms with Gasteiger partial charge in [0.2, 0.25) is 0 Å². The Morgan fingerprint density at radius 1 is 1.21 bits per heavy atom. The molecule has 1 atom stereocenters. The summed E-state index contributed by atoms with van der Waals surface area (Å²) in [4.78, 5) is 5.03. The molecule has 5 heteroatoms. The van der Waals surface area contributed by atoms with Crippen LogP contribution in [0.3, 0.4) is 0 Å². The summed E-state index contributed by atoms with van der Waals surface area (Å²) >= 11 is 0. The standard InChI is InChI=1S/C14H27N5/c1-11(2)18-5-7-19(8-6-18)14(9-15)13-10-16-17(4)12(13)3/h10-11,14H,5-9,15H2,1-4H3. The summed E-state index contributed by atoms with van der Waals surface area (Å²) in [5.74, 6) is 0. The quantitative estimate of drug-likeness (QED) is 0.873. The first-order valence-electron chi connectivity index (χ1n) is 7.21. The van der Waals surface area contributed by atoms with Gasteiger partial charge in [0.1, 0.15) is 0 Å². The molecule has 1 aromatic heterocycles. The van der Waals surface area contributed by atoms with E-state index in [4.69, 9.17) is 5.73 Å². The topological polar surface area (TPSA) is 50.3 Å². The van der Waals surface area contributed by atoms with E-state index in [9.17, 15) is 0 Å². The van der Waals surface area contributed by atoms with Crippen LogP contribution in [0.5, 0.6) is 0 Å². The summed E-state index contributed by atoms with van der Waals surface area (Å²) in [5.41, 5.74) is 8.52. The van der Waals surface area contributed by atoms with E-state index in [1.54, 1.807) is 0 Å². The zero-order valence-electron chi connectivity index (χ0n) is 12.6. The molecule has 2 rings (SSSR count). The highest BCUT2D eigenvalue weighted by atomic mass is 15.3. The zero-order chi connectivity index (χ0) is 14.0. The van der Waals surface area contributed by atoms with Crippen molar-refractivity contribution >= 4 is 0 Å². The van der Waals surface area contributed by atoms with Crippen LogP contribution in [-0.2, 0) is 7.05 Å². The predicted molar refractivity (Wildman–Crippen MR) is 78.0 cm³/mol. The lowest BCUT2D eigenvalue weighted by atomic mass is 10.1. The number of rotatable bonds is 4. The first-order valence-corrected chi connectivity index (χ1v) is 7.21. The SMILES string of the molecule is Cc1c(C(CN)N2CCN(C(C)C)CC2)cnn1C. The summed E-state index contributed by atoms with van der Waals surface area (Å²) in [6.45, 7) is 11.8. The van der Waals surface area contributed by atoms with Gasteiger partial charge in [0.15, 0.2) is 0 Å². The van der Waals surface area contributed by atoms with Crippen LogP contribution < -0.4 is 5.73 Å². The van der Waals surface area contributed by atoms with E-state index in [1.807, 2.05) is 17.9 Å². The van der Waals surface area contributed by atoms with Crippen molar-refractivity contribution in [3.8, 4) is 0 Å². The fraction of sp³-hybridized carbons (Fsp3) is 0.786. The zero-order valence-corrected chi connectivity index (χ0v) is 12.6. The first-order chi connectivity index (χ1) is 9.04. The smallest absolute Gasteiger partial charge is 0.0540 e. The molecule has 0 aromatic carbocycles. The summed E-state index contributed by atoms with van der Waals surface area (Å²) in [5, 5.41) is 4.35. The second-order valence-corrected chi connectivity index (χ2v) is 5.73. The lowest BCUT2D eigenvalue weighted by Gasteiger charge is -2.40. The van der Waals surface area contributed by atoms with Crippen LogP contribution in [-0.4, -0.2) is 58.3 Å². The van der Waals surface area contributed by atoms with Crippen LogP contribution in [0.4, 0.5) is 0 Å². The number of hydrogen-bond donors (Lipinski definition) is 1. The van der Waals surface area contributed by atoms with Crippen LogP contribution in [0.15, 0.2) is 6.20 Å². The molecule has 1 aliphatic rings. The van der Waals surface area contributed by atoms with E-state index >= 15 is 0 Å². The Hall–Kier alpha value is -0.910. The van der Waals surface area contributed by atoms with Crippen molar-refractivity contribution in [2.45, 2.75) is 32.9 Å². The Bertz CT molecular complexity index is 404. The van der Waals surface area contributed by atoms with Gasteiger partial charge in [-0.2, -0.15) is 5.10 Å². The molecule has 0 bridgehead atoms. The molecule has 1 unspecified atom stereocenters. The molecule has 108 valence electrons. The van der Waals surface area contributed by atoms with Crippen molar-refractivity contribution in [1.29, 1.82) is 0 Å². The van der Waals surface area contributed by atoms with Gasteiger partial charge in [-0.05, 0) is 20.8 Å². The molecule has 0 saturated carbocycles. The van der Waals surface area contributed by atoms with Crippen LogP contribution in [0.25, 0.3) is 0 Å². The lowest BCUT2D eigenvalue weighted by molar-refractivity contribution is 0.0800. The number of piperazine rings is 1. The van der Waals surface area contributed by atoms with Gasteiger partial charge in [-0.15, -0.1) is 0 Å². The van der Waals surface area contributed by atoms with Crippen LogP contribution in [0, 0.1) is 6.92 Å². The molecule has 0 radical (unpaired) electrons. The molecule has 2 heterocycles. The Morgan fingerprint density at radius 2 is 1.79 bits per heavy atom. The van der Waals surface area contributed by atoms with Gasteiger partial charge in [-0.3, -0.25) is 14.5 Å². The van der Waals surface area contributed by atoms with E-state index < -0.39 is 0 Å². The molecule has 1 saturated heterocycles. The van der Waals surface area contributed by atoms with Crippen molar-refractivity contribution < 1.29 is 0 Å². The molecular weight excluding hydrogens is 238 g/mol. The maximum absolute atomic E-state index is 6.02. The van der Waals surface area contributed by atoms with Crippen molar-refractivity contribution in [2.75, 3.05) is 32.7 Å². The third kappa shape index (κ3) is 2.99. The summed E-state index contributed by atoms with van der Waals surface area (Å²) in [7, 11) is 1.99. The highest BCUT2D eigenvalue weighted by Crippen LogP contribution is 2.24. The van der Waals surface area contributed by atoms with Gasteiger partial charge in [-0.1, -0.05) is 0 Å². The van der Waals surface area contributed by atoms with E-state index in [0.717, 1.165) is 26.2 Å². The summed E-state index contributed by atoms with van der Waals surface area (Å²) in [6, 6.07) is 0.946. The Balaban J connectivity index is 2.06. The molecular formula is C14H27N5. The van der Waals surface area contributed by atoms with Gasteiger partial charge in [-0.25, -0.2) is 0 Å². The normalized spacial score (nSPS) is 20.1. The summed E-state index contributed by atoms with van der Waals surface area (Å²) in [6.07, 6.45) is 1.97. The number of nitrogens with two attached hydrogens (primary N) is 1. The second-order valence-electron chi connectivity index (χ2n) is 5.73. The van der Waals surface area contributed by atoms with E-state index in [0.29, 0.717) is 18.6 Å². The van der Waals surface area contributed by atoms with Crippen LogP contribution in [0.1, 0.15) is 31.1 Å². The Kier molecular flexibility index (Phi) is 4.60. The average Bonchev–Trinajstić information content (AvgIpc) is 2.73. The third-order valence-electron chi connectivity index (χ3n) is 4.38. The molecule has 1 aliphatic heterocycles. The number of aromatic nitrogens is 2. The van der Waals surface area contributed by atoms with Crippen molar-refractivity contribution in [3.63, 3.8) is 0 Å². The van der Waals surface area contributed by atoms with Gasteiger partial charge in [0.25, 0.3) is 0 Å². The molecule has 1 aromatic rings. The molecule has 5 nitrogen and oxygen atoms in total. The minimum Gasteiger partial charge on any atom is -0.329 e. The number of nitrogens with zero attached hydrogens (tertiary/aromatic N) is 4. The van der Waals surface area contributed by atoms with Crippen molar-refractivity contribution in [2.24, 2.45) is 12.8 Å². The van der Waals surface area contributed by atoms with Crippen molar-refractivity contribution in [1.82, 2.24) is 19.6 Å². The van der Waals surface area contributed by atoms with E-state index in [1.165, 1.54) is 11.3 Å². The minimum atomic E-state index is 0.308. The van der Waals surface area contributed by atoms with Crippen molar-refractivity contribution in [3.05, 3.63) is 17.5 Å². The van der Waals surface area contributed by atoms with Crippen LogP contribution in [0.2, 0.25) is 0 Å². The maximum Gasteiger partial charge on any atom is 0.0540 e. The Morgan fingerprint density at radius 3 is 2.21 bits per heavy atom. The minimum absolute atomic E-state index is 0.308. The van der Waals surface area contributed by atoms with Crippen LogP contribution >= 0.6 is 0 Å². The number of hydrogen-bond acceptors (Lipinski definition) is 4. The summed E-state index contributed by atoms with van der Waals surface area (Å²) < 4.78 is 1.93. The van der Waals surface area contributed by atoms with E-state index in [2.05, 4.69) is 35.7 Å². The molecule has 1 fully saturated rings. The predicted octanol–water partition coefficient (Wildman–Crippen LogP) is 0.754. The first kappa shape index (κ1) is 14.5.